The van der Waals surface area contributed by atoms with Crippen molar-refractivity contribution in [1.29, 1.82) is 0 Å². The average molecular weight is 323 g/mol. The normalized spacial score (nSPS) is 19.6. The zero-order valence-corrected chi connectivity index (χ0v) is 13.6. The standard InChI is InChI=1S/C15H16BF2NO2S/c1-14(2)15(3,4)21-16(20-14)12-8-19-13(22-12)9-5-6-10(17)11(18)7-9/h5-8H,1-4H3. The molecular formula is C15H16BF2NO2S. The van der Waals surface area contributed by atoms with Crippen molar-refractivity contribution in [2.75, 3.05) is 0 Å². The molecule has 0 bridgehead atoms. The predicted molar refractivity (Wildman–Crippen MR) is 83.2 cm³/mol. The molecule has 0 aliphatic carbocycles. The lowest BCUT2D eigenvalue weighted by Crippen LogP contribution is -2.41. The second-order valence-corrected chi connectivity index (χ2v) is 7.35. The van der Waals surface area contributed by atoms with Crippen molar-refractivity contribution in [2.45, 2.75) is 38.9 Å². The Morgan fingerprint density at radius 3 is 2.27 bits per heavy atom. The summed E-state index contributed by atoms with van der Waals surface area (Å²) in [7, 11) is -0.499. The summed E-state index contributed by atoms with van der Waals surface area (Å²) in [6.07, 6.45) is 1.66. The maximum atomic E-state index is 13.3. The highest BCUT2D eigenvalue weighted by Crippen LogP contribution is 2.37. The first kappa shape index (κ1) is 15.6. The Kier molecular flexibility index (Phi) is 3.62. The van der Waals surface area contributed by atoms with Gasteiger partial charge in [0.1, 0.15) is 5.01 Å². The van der Waals surface area contributed by atoms with E-state index in [0.717, 1.165) is 16.9 Å². The summed E-state index contributed by atoms with van der Waals surface area (Å²) in [5.41, 5.74) is -0.320. The van der Waals surface area contributed by atoms with Crippen LogP contribution in [0.1, 0.15) is 27.7 Å². The summed E-state index contributed by atoms with van der Waals surface area (Å²) in [4.78, 5) is 4.27. The molecule has 0 unspecified atom stereocenters. The van der Waals surface area contributed by atoms with Gasteiger partial charge in [-0.3, -0.25) is 0 Å². The number of hydrogen-bond acceptors (Lipinski definition) is 4. The fourth-order valence-electron chi connectivity index (χ4n) is 2.12. The van der Waals surface area contributed by atoms with E-state index >= 15 is 0 Å². The molecule has 7 heteroatoms. The van der Waals surface area contributed by atoms with Crippen LogP contribution in [0, 0.1) is 11.6 Å². The van der Waals surface area contributed by atoms with Gasteiger partial charge in [-0.15, -0.1) is 11.3 Å². The molecule has 1 fully saturated rings. The summed E-state index contributed by atoms with van der Waals surface area (Å²) in [5, 5.41) is 0.601. The van der Waals surface area contributed by atoms with E-state index in [4.69, 9.17) is 9.31 Å². The molecule has 1 aromatic heterocycles. The fourth-order valence-corrected chi connectivity index (χ4v) is 2.99. The van der Waals surface area contributed by atoms with Crippen molar-refractivity contribution in [3.63, 3.8) is 0 Å². The van der Waals surface area contributed by atoms with Crippen molar-refractivity contribution in [3.8, 4) is 10.6 Å². The van der Waals surface area contributed by atoms with Crippen LogP contribution >= 0.6 is 11.3 Å². The molecule has 1 aromatic carbocycles. The Balaban J connectivity index is 1.87. The van der Waals surface area contributed by atoms with Crippen LogP contribution in [0.15, 0.2) is 24.4 Å². The number of hydrogen-bond donors (Lipinski definition) is 0. The Hall–Kier alpha value is -1.31. The first-order valence-corrected chi connectivity index (χ1v) is 7.78. The third-order valence-electron chi connectivity index (χ3n) is 4.18. The summed E-state index contributed by atoms with van der Waals surface area (Å²) in [5.74, 6) is -1.75. The smallest absolute Gasteiger partial charge is 0.399 e. The highest BCUT2D eigenvalue weighted by molar-refractivity contribution is 7.24. The van der Waals surface area contributed by atoms with Gasteiger partial charge in [0.25, 0.3) is 0 Å². The van der Waals surface area contributed by atoms with E-state index < -0.39 is 30.0 Å². The Labute approximate surface area is 132 Å². The van der Waals surface area contributed by atoms with Crippen LogP contribution in [-0.2, 0) is 9.31 Å². The zero-order chi connectivity index (χ0) is 16.1. The molecule has 0 saturated carbocycles. The number of aromatic nitrogens is 1. The first-order valence-electron chi connectivity index (χ1n) is 6.96. The van der Waals surface area contributed by atoms with Gasteiger partial charge in [0.15, 0.2) is 11.6 Å². The quantitative estimate of drug-likeness (QED) is 0.794. The second kappa shape index (κ2) is 5.11. The summed E-state index contributed by atoms with van der Waals surface area (Å²) in [6, 6.07) is 3.74. The third kappa shape index (κ3) is 2.57. The molecule has 0 spiro atoms. The Bertz CT molecular complexity index is 701. The molecule has 1 aliphatic rings. The van der Waals surface area contributed by atoms with Crippen molar-refractivity contribution in [3.05, 3.63) is 36.0 Å². The maximum absolute atomic E-state index is 13.3. The average Bonchev–Trinajstić information content (AvgIpc) is 2.97. The van der Waals surface area contributed by atoms with Gasteiger partial charge in [0.05, 0.1) is 16.0 Å². The predicted octanol–water partition coefficient (Wildman–Crippen LogP) is 3.39. The van der Waals surface area contributed by atoms with E-state index in [1.54, 1.807) is 6.20 Å². The molecule has 22 heavy (non-hydrogen) atoms. The molecular weight excluding hydrogens is 307 g/mol. The number of halogens is 2. The number of thiazole rings is 1. The Morgan fingerprint density at radius 1 is 1.05 bits per heavy atom. The maximum Gasteiger partial charge on any atom is 0.507 e. The minimum atomic E-state index is -0.884. The van der Waals surface area contributed by atoms with Crippen molar-refractivity contribution < 1.29 is 18.1 Å². The van der Waals surface area contributed by atoms with E-state index in [-0.39, 0.29) is 0 Å². The molecule has 2 heterocycles. The van der Waals surface area contributed by atoms with Crippen LogP contribution in [0.3, 0.4) is 0 Å². The first-order chi connectivity index (χ1) is 10.2. The van der Waals surface area contributed by atoms with Crippen molar-refractivity contribution in [2.24, 2.45) is 0 Å². The lowest BCUT2D eigenvalue weighted by molar-refractivity contribution is 0.00578. The molecule has 2 aromatic rings. The molecule has 3 rings (SSSR count). The van der Waals surface area contributed by atoms with Gasteiger partial charge in [-0.25, -0.2) is 13.8 Å². The monoisotopic (exact) mass is 323 g/mol. The molecule has 1 saturated heterocycles. The van der Waals surface area contributed by atoms with E-state index in [1.165, 1.54) is 17.4 Å². The van der Waals surface area contributed by atoms with E-state index in [9.17, 15) is 8.78 Å². The molecule has 3 nitrogen and oxygen atoms in total. The van der Waals surface area contributed by atoms with Crippen LogP contribution in [-0.4, -0.2) is 23.3 Å². The minimum absolute atomic E-state index is 0.427. The zero-order valence-electron chi connectivity index (χ0n) is 12.8. The summed E-state index contributed by atoms with van der Waals surface area (Å²) in [6.45, 7) is 7.91. The van der Waals surface area contributed by atoms with Crippen molar-refractivity contribution in [1.82, 2.24) is 4.98 Å². The summed E-state index contributed by atoms with van der Waals surface area (Å²) >= 11 is 1.35. The number of nitrogens with zero attached hydrogens (tertiary/aromatic N) is 1. The van der Waals surface area contributed by atoms with Gasteiger partial charge in [-0.2, -0.15) is 0 Å². The fraction of sp³-hybridized carbons (Fsp3) is 0.400. The largest absolute Gasteiger partial charge is 0.507 e. The Morgan fingerprint density at radius 2 is 1.68 bits per heavy atom. The highest BCUT2D eigenvalue weighted by atomic mass is 32.1. The van der Waals surface area contributed by atoms with Crippen LogP contribution in [0.2, 0.25) is 0 Å². The molecule has 0 atom stereocenters. The highest BCUT2D eigenvalue weighted by Gasteiger charge is 2.52. The van der Waals surface area contributed by atoms with E-state index in [1.807, 2.05) is 27.7 Å². The number of rotatable bonds is 2. The van der Waals surface area contributed by atoms with Crippen LogP contribution < -0.4 is 4.78 Å². The van der Waals surface area contributed by atoms with Crippen LogP contribution in [0.4, 0.5) is 8.78 Å². The van der Waals surface area contributed by atoms with Crippen molar-refractivity contribution >= 4 is 23.2 Å². The molecule has 1 aliphatic heterocycles. The molecule has 116 valence electrons. The van der Waals surface area contributed by atoms with Gasteiger partial charge >= 0.3 is 7.12 Å². The third-order valence-corrected chi connectivity index (χ3v) is 5.24. The SMILES string of the molecule is CC1(C)OB(c2cnc(-c3ccc(F)c(F)c3)s2)OC1(C)C. The number of benzene rings is 1. The van der Waals surface area contributed by atoms with Crippen LogP contribution in [0.5, 0.6) is 0 Å². The molecule has 0 N–H and O–H groups in total. The minimum Gasteiger partial charge on any atom is -0.399 e. The summed E-state index contributed by atoms with van der Waals surface area (Å²) < 4.78 is 39.0. The molecule has 0 radical (unpaired) electrons. The van der Waals surface area contributed by atoms with Gasteiger partial charge in [0.2, 0.25) is 0 Å². The van der Waals surface area contributed by atoms with Gasteiger partial charge in [-0.1, -0.05) is 0 Å². The van der Waals surface area contributed by atoms with Gasteiger partial charge < -0.3 is 9.31 Å². The molecule has 0 amide bonds. The van der Waals surface area contributed by atoms with Gasteiger partial charge in [-0.05, 0) is 45.9 Å². The lowest BCUT2D eigenvalue weighted by atomic mass is 9.89. The van der Waals surface area contributed by atoms with E-state index in [2.05, 4.69) is 4.98 Å². The van der Waals surface area contributed by atoms with E-state index in [0.29, 0.717) is 10.6 Å². The van der Waals surface area contributed by atoms with Gasteiger partial charge in [0, 0.05) is 11.8 Å². The topological polar surface area (TPSA) is 31.4 Å². The second-order valence-electron chi connectivity index (χ2n) is 6.28. The lowest BCUT2D eigenvalue weighted by Gasteiger charge is -2.32. The van der Waals surface area contributed by atoms with Crippen LogP contribution in [0.25, 0.3) is 10.6 Å².